The number of thioether (sulfide) groups is 1. The summed E-state index contributed by atoms with van der Waals surface area (Å²) in [5, 5.41) is 0.473. The molecule has 0 aliphatic heterocycles. The van der Waals surface area contributed by atoms with E-state index in [2.05, 4.69) is 19.9 Å². The first-order chi connectivity index (χ1) is 11.9. The smallest absolute Gasteiger partial charge is 0.244 e. The van der Waals surface area contributed by atoms with Crippen LogP contribution in [0.5, 0.6) is 0 Å². The fourth-order valence-electron chi connectivity index (χ4n) is 2.14. The van der Waals surface area contributed by atoms with Crippen LogP contribution in [0.4, 0.5) is 17.6 Å². The number of nitrogens with zero attached hydrogens (tertiary/aromatic N) is 4. The van der Waals surface area contributed by atoms with Gasteiger partial charge >= 0.3 is 6.18 Å². The van der Waals surface area contributed by atoms with Crippen molar-refractivity contribution in [1.82, 2.24) is 19.9 Å². The highest BCUT2D eigenvalue weighted by Gasteiger charge is 2.36. The average molecular weight is 366 g/mol. The SMILES string of the molecule is CSc1cc(-c2cncnc2C(F)(F)F)nc(-c2ccc(F)cc2)n1. The molecule has 0 saturated carbocycles. The third-order valence-corrected chi connectivity index (χ3v) is 3.90. The summed E-state index contributed by atoms with van der Waals surface area (Å²) < 4.78 is 52.7. The molecule has 0 atom stereocenters. The quantitative estimate of drug-likeness (QED) is 0.389. The summed E-state index contributed by atoms with van der Waals surface area (Å²) in [6.07, 6.45) is -0.994. The fraction of sp³-hybridized carbons (Fsp3) is 0.125. The zero-order chi connectivity index (χ0) is 18.0. The zero-order valence-electron chi connectivity index (χ0n) is 12.8. The summed E-state index contributed by atoms with van der Waals surface area (Å²) in [7, 11) is 0. The van der Waals surface area contributed by atoms with E-state index in [1.807, 2.05) is 0 Å². The molecular formula is C16H10F4N4S. The van der Waals surface area contributed by atoms with E-state index in [0.717, 1.165) is 12.5 Å². The molecule has 2 aromatic heterocycles. The molecule has 0 radical (unpaired) electrons. The van der Waals surface area contributed by atoms with Crippen molar-refractivity contribution in [2.75, 3.05) is 6.26 Å². The highest BCUT2D eigenvalue weighted by atomic mass is 32.2. The van der Waals surface area contributed by atoms with Crippen LogP contribution in [-0.4, -0.2) is 26.2 Å². The van der Waals surface area contributed by atoms with Gasteiger partial charge in [-0.2, -0.15) is 13.2 Å². The normalized spacial score (nSPS) is 11.6. The molecule has 4 nitrogen and oxygen atoms in total. The molecule has 0 aliphatic rings. The molecule has 128 valence electrons. The van der Waals surface area contributed by atoms with Crippen LogP contribution < -0.4 is 0 Å². The van der Waals surface area contributed by atoms with E-state index >= 15 is 0 Å². The Morgan fingerprint density at radius 2 is 1.76 bits per heavy atom. The minimum atomic E-state index is -4.64. The Morgan fingerprint density at radius 1 is 1.04 bits per heavy atom. The van der Waals surface area contributed by atoms with Crippen molar-refractivity contribution < 1.29 is 17.6 Å². The van der Waals surface area contributed by atoms with Crippen molar-refractivity contribution in [1.29, 1.82) is 0 Å². The van der Waals surface area contributed by atoms with Gasteiger partial charge in [0.15, 0.2) is 11.5 Å². The first kappa shape index (κ1) is 17.3. The maximum absolute atomic E-state index is 13.2. The average Bonchev–Trinajstić information content (AvgIpc) is 2.61. The lowest BCUT2D eigenvalue weighted by Crippen LogP contribution is -2.11. The second-order valence-electron chi connectivity index (χ2n) is 4.91. The zero-order valence-corrected chi connectivity index (χ0v) is 13.6. The van der Waals surface area contributed by atoms with Crippen LogP contribution in [-0.2, 0) is 6.18 Å². The largest absolute Gasteiger partial charge is 0.434 e. The minimum absolute atomic E-state index is 0.0478. The third-order valence-electron chi connectivity index (χ3n) is 3.27. The van der Waals surface area contributed by atoms with Crippen molar-refractivity contribution >= 4 is 11.8 Å². The van der Waals surface area contributed by atoms with E-state index in [1.54, 1.807) is 6.26 Å². The molecule has 0 saturated heterocycles. The number of halogens is 4. The Balaban J connectivity index is 2.18. The van der Waals surface area contributed by atoms with E-state index < -0.39 is 17.7 Å². The van der Waals surface area contributed by atoms with Gasteiger partial charge in [0.05, 0.1) is 5.69 Å². The van der Waals surface area contributed by atoms with Gasteiger partial charge < -0.3 is 0 Å². The van der Waals surface area contributed by atoms with Crippen molar-refractivity contribution in [3.8, 4) is 22.6 Å². The molecule has 0 amide bonds. The molecule has 0 N–H and O–H groups in total. The second kappa shape index (κ2) is 6.75. The lowest BCUT2D eigenvalue weighted by atomic mass is 10.1. The highest BCUT2D eigenvalue weighted by Crippen LogP contribution is 2.35. The van der Waals surface area contributed by atoms with Gasteiger partial charge in [0.2, 0.25) is 0 Å². The number of hydrogen-bond donors (Lipinski definition) is 0. The molecule has 3 rings (SSSR count). The van der Waals surface area contributed by atoms with Crippen molar-refractivity contribution in [2.24, 2.45) is 0 Å². The first-order valence-electron chi connectivity index (χ1n) is 6.95. The lowest BCUT2D eigenvalue weighted by Gasteiger charge is -2.12. The minimum Gasteiger partial charge on any atom is -0.244 e. The molecule has 1 aromatic carbocycles. The van der Waals surface area contributed by atoms with Gasteiger partial charge in [0, 0.05) is 17.3 Å². The van der Waals surface area contributed by atoms with Crippen LogP contribution in [0, 0.1) is 5.82 Å². The van der Waals surface area contributed by atoms with Gasteiger partial charge in [0.25, 0.3) is 0 Å². The predicted molar refractivity (Wildman–Crippen MR) is 85.2 cm³/mol. The van der Waals surface area contributed by atoms with Crippen LogP contribution >= 0.6 is 11.8 Å². The fourth-order valence-corrected chi connectivity index (χ4v) is 2.55. The Bertz CT molecular complexity index is 897. The van der Waals surface area contributed by atoms with E-state index in [4.69, 9.17) is 0 Å². The molecule has 0 aliphatic carbocycles. The highest BCUT2D eigenvalue weighted by molar-refractivity contribution is 7.98. The molecule has 0 bridgehead atoms. The van der Waals surface area contributed by atoms with E-state index in [9.17, 15) is 17.6 Å². The summed E-state index contributed by atoms with van der Waals surface area (Å²) in [4.78, 5) is 15.5. The monoisotopic (exact) mass is 366 g/mol. The van der Waals surface area contributed by atoms with Crippen LogP contribution in [0.2, 0.25) is 0 Å². The van der Waals surface area contributed by atoms with E-state index in [1.165, 1.54) is 42.1 Å². The maximum Gasteiger partial charge on any atom is 0.434 e. The predicted octanol–water partition coefficient (Wildman–Crippen LogP) is 4.48. The van der Waals surface area contributed by atoms with Gasteiger partial charge in [0.1, 0.15) is 17.2 Å². The standard InChI is InChI=1S/C16H10F4N4S/c1-25-13-6-12(11-7-21-8-22-14(11)16(18,19)20)23-15(24-13)9-2-4-10(17)5-3-9/h2-8H,1H3. The molecule has 25 heavy (non-hydrogen) atoms. The summed E-state index contributed by atoms with van der Waals surface area (Å²) in [6, 6.07) is 6.83. The molecule has 2 heterocycles. The molecular weight excluding hydrogens is 356 g/mol. The van der Waals surface area contributed by atoms with E-state index in [0.29, 0.717) is 10.6 Å². The molecule has 3 aromatic rings. The second-order valence-corrected chi connectivity index (χ2v) is 5.74. The summed E-state index contributed by atoms with van der Waals surface area (Å²) in [5.41, 5.74) is -0.773. The number of alkyl halides is 3. The van der Waals surface area contributed by atoms with Crippen LogP contribution in [0.3, 0.4) is 0 Å². The number of rotatable bonds is 3. The summed E-state index contributed by atoms with van der Waals surface area (Å²) in [5.74, 6) is -0.236. The first-order valence-corrected chi connectivity index (χ1v) is 8.17. The number of hydrogen-bond acceptors (Lipinski definition) is 5. The van der Waals surface area contributed by atoms with Crippen LogP contribution in [0.25, 0.3) is 22.6 Å². The number of benzene rings is 1. The number of aromatic nitrogens is 4. The molecule has 0 spiro atoms. The molecule has 0 unspecified atom stereocenters. The Labute approximate surface area is 144 Å². The van der Waals surface area contributed by atoms with Gasteiger partial charge in [-0.05, 0) is 36.6 Å². The lowest BCUT2D eigenvalue weighted by molar-refractivity contribution is -0.140. The molecule has 0 fully saturated rings. The van der Waals surface area contributed by atoms with Gasteiger partial charge in [-0.25, -0.2) is 24.3 Å². The van der Waals surface area contributed by atoms with E-state index in [-0.39, 0.29) is 17.1 Å². The van der Waals surface area contributed by atoms with Gasteiger partial charge in [-0.1, -0.05) is 0 Å². The Kier molecular flexibility index (Phi) is 4.67. The van der Waals surface area contributed by atoms with Crippen molar-refractivity contribution in [3.05, 3.63) is 54.4 Å². The Hall–Kier alpha value is -2.55. The van der Waals surface area contributed by atoms with Gasteiger partial charge in [-0.15, -0.1) is 11.8 Å². The van der Waals surface area contributed by atoms with Crippen molar-refractivity contribution in [3.63, 3.8) is 0 Å². The topological polar surface area (TPSA) is 51.6 Å². The van der Waals surface area contributed by atoms with Crippen molar-refractivity contribution in [2.45, 2.75) is 11.2 Å². The maximum atomic E-state index is 13.2. The third kappa shape index (κ3) is 3.76. The summed E-state index contributed by atoms with van der Waals surface area (Å²) >= 11 is 1.26. The van der Waals surface area contributed by atoms with Crippen LogP contribution in [0.1, 0.15) is 5.69 Å². The van der Waals surface area contributed by atoms with Crippen LogP contribution in [0.15, 0.2) is 47.9 Å². The molecule has 9 heteroatoms. The van der Waals surface area contributed by atoms with Gasteiger partial charge in [-0.3, -0.25) is 0 Å². The summed E-state index contributed by atoms with van der Waals surface area (Å²) in [6.45, 7) is 0. The Morgan fingerprint density at radius 3 is 2.40 bits per heavy atom.